The van der Waals surface area contributed by atoms with Crippen LogP contribution in [0.5, 0.6) is 0 Å². The van der Waals surface area contributed by atoms with Gasteiger partial charge in [-0.05, 0) is 76.8 Å². The summed E-state index contributed by atoms with van der Waals surface area (Å²) in [6, 6.07) is 1.62. The Bertz CT molecular complexity index is 1500. The van der Waals surface area contributed by atoms with Gasteiger partial charge in [0.15, 0.2) is 5.65 Å². The summed E-state index contributed by atoms with van der Waals surface area (Å²) < 4.78 is 86.0. The molecule has 2 unspecified atom stereocenters. The van der Waals surface area contributed by atoms with Crippen molar-refractivity contribution in [1.29, 1.82) is 0 Å². The minimum atomic E-state index is -4.45. The number of amides is 1. The number of hydrogen-bond acceptors (Lipinski definition) is 6. The van der Waals surface area contributed by atoms with Crippen LogP contribution < -0.4 is 10.5 Å². The summed E-state index contributed by atoms with van der Waals surface area (Å²) in [6.07, 6.45) is -0.885. The topological polar surface area (TPSA) is 126 Å². The summed E-state index contributed by atoms with van der Waals surface area (Å²) in [5, 5.41) is 8.98. The second kappa shape index (κ2) is 11.9. The Morgan fingerprint density at radius 3 is 2.41 bits per heavy atom. The SMILES string of the molecule is Cc1c(C(N)=O)c([C@H](c2cn3ncc(C(N[S+]([O-])C(C)(C)C)C4CC4)cc3n2)C2CCC(F)(F)CC2)nn1CCC(F)(F)F. The van der Waals surface area contributed by atoms with Gasteiger partial charge in [-0.25, -0.2) is 18.3 Å². The second-order valence-corrected chi connectivity index (χ2v) is 15.0. The minimum absolute atomic E-state index is 0.0251. The lowest BCUT2D eigenvalue weighted by atomic mass is 9.75. The Morgan fingerprint density at radius 1 is 1.18 bits per heavy atom. The average molecular weight is 644 g/mol. The van der Waals surface area contributed by atoms with Crippen molar-refractivity contribution in [1.82, 2.24) is 29.1 Å². The molecule has 5 rings (SSSR count). The maximum absolute atomic E-state index is 14.2. The highest BCUT2D eigenvalue weighted by Gasteiger charge is 2.43. The standard InChI is InChI=1S/C29H38F5N7O2S/c1-16-22(26(35)42)25(38-40(16)12-11-29(32,33)34)23(17-7-9-28(30,31)10-8-17)20-15-41-21(37-20)13-19(14-36-41)24(18-5-6-18)39-44(43)27(2,3)4/h13-15,17-18,23-24,39H,5-12H2,1-4H3,(H2,35,42)/t23-,24?,44?/m0/s1. The van der Waals surface area contributed by atoms with E-state index >= 15 is 0 Å². The van der Waals surface area contributed by atoms with Crippen LogP contribution in [0.2, 0.25) is 0 Å². The molecule has 0 radical (unpaired) electrons. The third kappa shape index (κ3) is 7.20. The van der Waals surface area contributed by atoms with E-state index in [1.165, 1.54) is 11.4 Å². The molecule has 3 atom stereocenters. The molecule has 0 aliphatic heterocycles. The number of halogens is 5. The van der Waals surface area contributed by atoms with Crippen molar-refractivity contribution in [2.24, 2.45) is 17.6 Å². The fourth-order valence-corrected chi connectivity index (χ4v) is 6.84. The Labute approximate surface area is 255 Å². The number of primary amides is 1. The predicted molar refractivity (Wildman–Crippen MR) is 154 cm³/mol. The van der Waals surface area contributed by atoms with Crippen molar-refractivity contribution in [3.8, 4) is 0 Å². The van der Waals surface area contributed by atoms with E-state index in [-0.39, 0.29) is 48.7 Å². The van der Waals surface area contributed by atoms with E-state index < -0.39 is 58.9 Å². The molecule has 44 heavy (non-hydrogen) atoms. The van der Waals surface area contributed by atoms with Crippen LogP contribution in [0.25, 0.3) is 5.65 Å². The number of carbonyl (C=O) groups excluding carboxylic acids is 1. The first-order valence-electron chi connectivity index (χ1n) is 14.8. The molecule has 3 aromatic heterocycles. The lowest BCUT2D eigenvalue weighted by molar-refractivity contribution is -0.137. The minimum Gasteiger partial charge on any atom is -0.598 e. The van der Waals surface area contributed by atoms with Crippen LogP contribution in [0.4, 0.5) is 22.0 Å². The summed E-state index contributed by atoms with van der Waals surface area (Å²) in [5.74, 6) is -4.61. The average Bonchev–Trinajstić information content (AvgIpc) is 3.58. The van der Waals surface area contributed by atoms with Crippen LogP contribution in [0.1, 0.15) is 111 Å². The van der Waals surface area contributed by atoms with Crippen LogP contribution in [0.15, 0.2) is 18.5 Å². The van der Waals surface area contributed by atoms with Crippen LogP contribution in [-0.2, 0) is 17.9 Å². The molecule has 3 N–H and O–H groups in total. The van der Waals surface area contributed by atoms with Crippen LogP contribution >= 0.6 is 0 Å². The van der Waals surface area contributed by atoms with E-state index in [0.717, 1.165) is 23.1 Å². The zero-order valence-corrected chi connectivity index (χ0v) is 25.9. The van der Waals surface area contributed by atoms with Gasteiger partial charge in [-0.2, -0.15) is 23.4 Å². The Kier molecular flexibility index (Phi) is 8.79. The third-order valence-corrected chi connectivity index (χ3v) is 10.1. The maximum Gasteiger partial charge on any atom is 0.390 e. The number of nitrogens with two attached hydrogens (primary N) is 1. The summed E-state index contributed by atoms with van der Waals surface area (Å²) in [7, 11) is 0. The van der Waals surface area contributed by atoms with Gasteiger partial charge in [0.25, 0.3) is 5.91 Å². The highest BCUT2D eigenvalue weighted by atomic mass is 32.2. The Hall–Kier alpha value is -2.78. The molecule has 0 bridgehead atoms. The van der Waals surface area contributed by atoms with E-state index in [4.69, 9.17) is 10.7 Å². The van der Waals surface area contributed by atoms with Gasteiger partial charge in [-0.15, -0.1) is 4.72 Å². The Balaban J connectivity index is 1.56. The fourth-order valence-electron chi connectivity index (χ4n) is 5.93. The van der Waals surface area contributed by atoms with Gasteiger partial charge in [-0.1, -0.05) is 0 Å². The molecule has 9 nitrogen and oxygen atoms in total. The van der Waals surface area contributed by atoms with Crippen LogP contribution in [0.3, 0.4) is 0 Å². The number of fused-ring (bicyclic) bond motifs is 1. The molecule has 3 heterocycles. The van der Waals surface area contributed by atoms with E-state index in [1.807, 2.05) is 26.8 Å². The third-order valence-electron chi connectivity index (χ3n) is 8.54. The van der Waals surface area contributed by atoms with Crippen LogP contribution in [0, 0.1) is 18.8 Å². The van der Waals surface area contributed by atoms with Crippen molar-refractivity contribution in [2.75, 3.05) is 0 Å². The highest BCUT2D eigenvalue weighted by Crippen LogP contribution is 2.46. The number of hydrogen-bond donors (Lipinski definition) is 2. The molecular formula is C29H38F5N7O2S. The lowest BCUT2D eigenvalue weighted by Gasteiger charge is -2.32. The number of carbonyl (C=O) groups is 1. The molecule has 242 valence electrons. The molecule has 2 aliphatic rings. The van der Waals surface area contributed by atoms with Crippen LogP contribution in [-0.4, -0.2) is 51.7 Å². The van der Waals surface area contributed by atoms with Gasteiger partial charge in [0.2, 0.25) is 5.92 Å². The van der Waals surface area contributed by atoms with E-state index in [2.05, 4.69) is 14.9 Å². The number of aromatic nitrogens is 5. The van der Waals surface area contributed by atoms with Gasteiger partial charge in [0.05, 0.1) is 47.7 Å². The van der Waals surface area contributed by atoms with Gasteiger partial charge >= 0.3 is 6.18 Å². The molecule has 0 aromatic carbocycles. The molecule has 2 aliphatic carbocycles. The molecule has 0 saturated heterocycles. The zero-order valence-electron chi connectivity index (χ0n) is 25.1. The molecule has 2 fully saturated rings. The monoisotopic (exact) mass is 643 g/mol. The van der Waals surface area contributed by atoms with Gasteiger partial charge < -0.3 is 10.3 Å². The largest absolute Gasteiger partial charge is 0.598 e. The maximum atomic E-state index is 14.2. The second-order valence-electron chi connectivity index (χ2n) is 13.0. The van der Waals surface area contributed by atoms with Gasteiger partial charge in [0, 0.05) is 36.4 Å². The summed E-state index contributed by atoms with van der Waals surface area (Å²) >= 11 is -1.32. The zero-order chi connectivity index (χ0) is 32.2. The quantitative estimate of drug-likeness (QED) is 0.214. The van der Waals surface area contributed by atoms with E-state index in [9.17, 15) is 31.3 Å². The van der Waals surface area contributed by atoms with Gasteiger partial charge in [-0.3, -0.25) is 9.48 Å². The fraction of sp³-hybridized carbons (Fsp3) is 0.655. The highest BCUT2D eigenvalue weighted by molar-refractivity contribution is 7.90. The van der Waals surface area contributed by atoms with Crippen molar-refractivity contribution < 1.29 is 31.3 Å². The molecular weight excluding hydrogens is 605 g/mol. The number of aryl methyl sites for hydroxylation is 1. The number of nitrogens with one attached hydrogen (secondary N) is 1. The van der Waals surface area contributed by atoms with E-state index in [0.29, 0.717) is 17.3 Å². The first-order chi connectivity index (χ1) is 20.4. The normalized spacial score (nSPS) is 20.1. The number of imidazole rings is 1. The van der Waals surface area contributed by atoms with Crippen molar-refractivity contribution >= 4 is 22.9 Å². The molecule has 0 spiro atoms. The molecule has 2 saturated carbocycles. The molecule has 1 amide bonds. The number of rotatable bonds is 10. The molecule has 3 aromatic rings. The summed E-state index contributed by atoms with van der Waals surface area (Å²) in [5.41, 5.74) is 7.67. The molecule has 15 heteroatoms. The first-order valence-corrected chi connectivity index (χ1v) is 15.9. The summed E-state index contributed by atoms with van der Waals surface area (Å²) in [6.45, 7) is 6.61. The van der Waals surface area contributed by atoms with Gasteiger partial charge in [0.1, 0.15) is 4.75 Å². The predicted octanol–water partition coefficient (Wildman–Crippen LogP) is 5.75. The number of alkyl halides is 5. The van der Waals surface area contributed by atoms with Crippen molar-refractivity contribution in [2.45, 2.75) is 108 Å². The Morgan fingerprint density at radius 2 is 1.84 bits per heavy atom. The van der Waals surface area contributed by atoms with Crippen molar-refractivity contribution in [3.05, 3.63) is 46.7 Å². The van der Waals surface area contributed by atoms with E-state index in [1.54, 1.807) is 12.4 Å². The number of nitrogens with zero attached hydrogens (tertiary/aromatic N) is 5. The summed E-state index contributed by atoms with van der Waals surface area (Å²) in [4.78, 5) is 17.5. The smallest absolute Gasteiger partial charge is 0.390 e. The first kappa shape index (κ1) is 32.6. The lowest BCUT2D eigenvalue weighted by Crippen LogP contribution is -2.41. The van der Waals surface area contributed by atoms with Crippen molar-refractivity contribution in [3.63, 3.8) is 0 Å².